The molecule has 5 atom stereocenters. The van der Waals surface area contributed by atoms with Crippen LogP contribution in [0.2, 0.25) is 0 Å². The molecule has 3 fully saturated rings. The van der Waals surface area contributed by atoms with Crippen molar-refractivity contribution in [2.75, 3.05) is 36.9 Å². The van der Waals surface area contributed by atoms with Crippen LogP contribution in [0.4, 0.5) is 11.9 Å². The Kier molecular flexibility index (Phi) is 7.93. The van der Waals surface area contributed by atoms with E-state index in [2.05, 4.69) is 30.6 Å². The summed E-state index contributed by atoms with van der Waals surface area (Å²) in [5.41, 5.74) is 0.956. The Morgan fingerprint density at radius 2 is 1.61 bits per heavy atom. The van der Waals surface area contributed by atoms with Crippen LogP contribution < -0.4 is 15.4 Å². The third-order valence-electron chi connectivity index (χ3n) is 6.25. The maximum atomic E-state index is 9.12. The van der Waals surface area contributed by atoms with Crippen molar-refractivity contribution in [1.29, 1.82) is 0 Å². The number of aromatic nitrogens is 4. The van der Waals surface area contributed by atoms with Crippen molar-refractivity contribution in [2.24, 2.45) is 0 Å². The molecule has 2 aromatic rings. The normalized spacial score (nSPS) is 28.9. The van der Waals surface area contributed by atoms with Gasteiger partial charge in [0.2, 0.25) is 11.9 Å². The molecule has 38 heavy (non-hydrogen) atoms. The van der Waals surface area contributed by atoms with Gasteiger partial charge >= 0.3 is 6.01 Å². The molecule has 13 nitrogen and oxygen atoms in total. The first-order valence-electron chi connectivity index (χ1n) is 13.0. The molecule has 0 bridgehead atoms. The maximum Gasteiger partial charge on any atom is 0.323 e. The van der Waals surface area contributed by atoms with Gasteiger partial charge in [-0.3, -0.25) is 4.98 Å². The van der Waals surface area contributed by atoms with Crippen LogP contribution in [0.25, 0.3) is 0 Å². The Morgan fingerprint density at radius 3 is 2.34 bits per heavy atom. The van der Waals surface area contributed by atoms with Crippen LogP contribution in [0.5, 0.6) is 6.01 Å². The molecular weight excluding hydrogens is 496 g/mol. The number of nitrogens with zero attached hydrogens (tertiary/aromatic N) is 4. The van der Waals surface area contributed by atoms with Gasteiger partial charge in [0, 0.05) is 38.0 Å². The van der Waals surface area contributed by atoms with E-state index in [4.69, 9.17) is 33.5 Å². The molecule has 13 heteroatoms. The van der Waals surface area contributed by atoms with Crippen LogP contribution >= 0.6 is 0 Å². The SMILES string of the molecule is CC1(C)O[C@H]2[C@@H](O1)[C@@H](COc1nc(NCCCO)nc(NCCc3ccccn3)n1)O[C@@H]1OC(C)(C)O[C@@H]12. The molecule has 208 valence electrons. The number of aliphatic hydroxyl groups is 1. The number of nitrogens with one attached hydrogen (secondary N) is 2. The number of hydrogen-bond acceptors (Lipinski definition) is 13. The van der Waals surface area contributed by atoms with Gasteiger partial charge in [0.1, 0.15) is 31.0 Å². The molecule has 0 aliphatic carbocycles. The van der Waals surface area contributed by atoms with Crippen molar-refractivity contribution < 1.29 is 33.5 Å². The van der Waals surface area contributed by atoms with E-state index in [1.54, 1.807) is 6.20 Å². The summed E-state index contributed by atoms with van der Waals surface area (Å²) in [5, 5.41) is 15.4. The van der Waals surface area contributed by atoms with Crippen LogP contribution in [0.3, 0.4) is 0 Å². The fraction of sp³-hybridized carbons (Fsp3) is 0.680. The van der Waals surface area contributed by atoms with E-state index in [1.165, 1.54) is 0 Å². The van der Waals surface area contributed by atoms with E-state index < -0.39 is 36.2 Å². The lowest BCUT2D eigenvalue weighted by molar-refractivity contribution is -0.238. The summed E-state index contributed by atoms with van der Waals surface area (Å²) in [7, 11) is 0. The van der Waals surface area contributed by atoms with E-state index >= 15 is 0 Å². The van der Waals surface area contributed by atoms with E-state index in [0.29, 0.717) is 37.8 Å². The maximum absolute atomic E-state index is 9.12. The topological polar surface area (TPSA) is 151 Å². The Balaban J connectivity index is 1.27. The molecule has 0 saturated carbocycles. The molecular formula is C25H36N6O7. The highest BCUT2D eigenvalue weighted by Crippen LogP contribution is 2.44. The summed E-state index contributed by atoms with van der Waals surface area (Å²) in [6, 6.07) is 5.91. The van der Waals surface area contributed by atoms with E-state index in [-0.39, 0.29) is 25.3 Å². The van der Waals surface area contributed by atoms with Gasteiger partial charge in [-0.05, 0) is 46.2 Å². The molecule has 0 aromatic carbocycles. The molecule has 3 aliphatic rings. The minimum absolute atomic E-state index is 0.0569. The Labute approximate surface area is 221 Å². The monoisotopic (exact) mass is 532 g/mol. The standard InChI is InChI=1S/C25H36N6O7/c1-24(2)35-17-16(34-20-19(18(17)36-24)37-25(3,4)38-20)14-33-23-30-21(27-11-7-13-32)29-22(31-23)28-12-9-15-8-5-6-10-26-15/h5-6,8,10,16-20,32H,7,9,11-14H2,1-4H3,(H2,27,28,29,30,31)/t16-,17+,18+,19-,20-/m1/s1. The molecule has 2 aromatic heterocycles. The molecule has 3 aliphatic heterocycles. The first-order chi connectivity index (χ1) is 18.2. The molecule has 3 saturated heterocycles. The largest absolute Gasteiger partial charge is 0.460 e. The zero-order valence-electron chi connectivity index (χ0n) is 22.1. The zero-order chi connectivity index (χ0) is 26.8. The summed E-state index contributed by atoms with van der Waals surface area (Å²) in [5.74, 6) is -0.910. The minimum Gasteiger partial charge on any atom is -0.460 e. The van der Waals surface area contributed by atoms with Crippen LogP contribution in [-0.2, 0) is 30.1 Å². The zero-order valence-corrected chi connectivity index (χ0v) is 22.1. The summed E-state index contributed by atoms with van der Waals surface area (Å²) >= 11 is 0. The van der Waals surface area contributed by atoms with E-state index in [0.717, 1.165) is 5.69 Å². The van der Waals surface area contributed by atoms with Gasteiger partial charge in [0.25, 0.3) is 0 Å². The lowest BCUT2D eigenvalue weighted by atomic mass is 9.99. The van der Waals surface area contributed by atoms with Crippen molar-refractivity contribution >= 4 is 11.9 Å². The van der Waals surface area contributed by atoms with Crippen molar-refractivity contribution in [3.05, 3.63) is 30.1 Å². The number of pyridine rings is 1. The van der Waals surface area contributed by atoms with Gasteiger partial charge in [0.05, 0.1) is 0 Å². The second-order valence-electron chi connectivity index (χ2n) is 10.3. The first kappa shape index (κ1) is 26.9. The predicted octanol–water partition coefficient (Wildman–Crippen LogP) is 1.49. The molecule has 0 spiro atoms. The van der Waals surface area contributed by atoms with Crippen molar-refractivity contribution in [3.8, 4) is 6.01 Å². The van der Waals surface area contributed by atoms with Crippen LogP contribution in [0.15, 0.2) is 24.4 Å². The average molecular weight is 533 g/mol. The highest BCUT2D eigenvalue weighted by Gasteiger charge is 2.60. The number of rotatable bonds is 11. The molecule has 0 unspecified atom stereocenters. The minimum atomic E-state index is -0.802. The van der Waals surface area contributed by atoms with Crippen molar-refractivity contribution in [1.82, 2.24) is 19.9 Å². The third-order valence-corrected chi connectivity index (χ3v) is 6.25. The molecule has 0 amide bonds. The van der Waals surface area contributed by atoms with Crippen molar-refractivity contribution in [3.63, 3.8) is 0 Å². The first-order valence-corrected chi connectivity index (χ1v) is 13.0. The summed E-state index contributed by atoms with van der Waals surface area (Å²) in [6.45, 7) is 8.63. The average Bonchev–Trinajstić information content (AvgIpc) is 3.37. The van der Waals surface area contributed by atoms with E-state index in [9.17, 15) is 0 Å². The summed E-state index contributed by atoms with van der Waals surface area (Å²) in [6.07, 6.45) is 0.666. The number of hydrogen-bond donors (Lipinski definition) is 3. The quantitative estimate of drug-likeness (QED) is 0.359. The third kappa shape index (κ3) is 6.47. The van der Waals surface area contributed by atoms with E-state index in [1.807, 2.05) is 45.9 Å². The molecule has 5 heterocycles. The highest BCUT2D eigenvalue weighted by atomic mass is 16.9. The number of ether oxygens (including phenoxy) is 6. The van der Waals surface area contributed by atoms with Gasteiger partial charge in [0.15, 0.2) is 17.9 Å². The van der Waals surface area contributed by atoms with Crippen LogP contribution in [0.1, 0.15) is 39.8 Å². The van der Waals surface area contributed by atoms with Crippen LogP contribution in [0, 0.1) is 0 Å². The molecule has 3 N–H and O–H groups in total. The Bertz CT molecular complexity index is 1080. The Morgan fingerprint density at radius 1 is 0.895 bits per heavy atom. The fourth-order valence-electron chi connectivity index (χ4n) is 4.69. The second kappa shape index (κ2) is 11.2. The molecule has 5 rings (SSSR count). The number of anilines is 2. The summed E-state index contributed by atoms with van der Waals surface area (Å²) in [4.78, 5) is 17.6. The van der Waals surface area contributed by atoms with Gasteiger partial charge in [-0.15, -0.1) is 0 Å². The second-order valence-corrected chi connectivity index (χ2v) is 10.3. The predicted molar refractivity (Wildman–Crippen MR) is 134 cm³/mol. The van der Waals surface area contributed by atoms with Crippen LogP contribution in [-0.4, -0.2) is 93.6 Å². The van der Waals surface area contributed by atoms with Gasteiger partial charge in [-0.1, -0.05) is 6.07 Å². The van der Waals surface area contributed by atoms with Gasteiger partial charge in [-0.2, -0.15) is 15.0 Å². The lowest BCUT2D eigenvalue weighted by Gasteiger charge is -2.36. The highest BCUT2D eigenvalue weighted by molar-refractivity contribution is 5.36. The number of aliphatic hydroxyl groups excluding tert-OH is 1. The van der Waals surface area contributed by atoms with Crippen molar-refractivity contribution in [2.45, 2.75) is 82.8 Å². The smallest absolute Gasteiger partial charge is 0.323 e. The van der Waals surface area contributed by atoms with Gasteiger partial charge < -0.3 is 44.2 Å². The fourth-order valence-corrected chi connectivity index (χ4v) is 4.69. The Hall–Kier alpha value is -2.68. The van der Waals surface area contributed by atoms with Gasteiger partial charge in [-0.25, -0.2) is 0 Å². The molecule has 0 radical (unpaired) electrons. The summed E-state index contributed by atoms with van der Waals surface area (Å²) < 4.78 is 36.6. The number of fused-ring (bicyclic) bond motifs is 3. The lowest BCUT2D eigenvalue weighted by Crippen LogP contribution is -2.56.